The second-order valence-electron chi connectivity index (χ2n) is 6.22. The highest BCUT2D eigenvalue weighted by Gasteiger charge is 2.36. The molecule has 1 aliphatic rings. The smallest absolute Gasteiger partial charge is 0.332 e. The highest BCUT2D eigenvalue weighted by molar-refractivity contribution is 5.85. The molecular weight excluding hydrogens is 351 g/mol. The average molecular weight is 375 g/mol. The fraction of sp³-hybridized carbons (Fsp3) is 0.529. The van der Waals surface area contributed by atoms with Crippen molar-refractivity contribution < 1.29 is 23.8 Å². The van der Waals surface area contributed by atoms with Crippen molar-refractivity contribution in [2.24, 2.45) is 0 Å². The van der Waals surface area contributed by atoms with Gasteiger partial charge in [0.1, 0.15) is 11.9 Å². The fourth-order valence-electron chi connectivity index (χ4n) is 2.65. The van der Waals surface area contributed by atoms with Gasteiger partial charge in [0.15, 0.2) is 6.10 Å². The van der Waals surface area contributed by atoms with E-state index in [1.165, 1.54) is 12.1 Å². The summed E-state index contributed by atoms with van der Waals surface area (Å²) in [6.45, 7) is 1.37. The Morgan fingerprint density at radius 2 is 1.92 bits per heavy atom. The second-order valence-corrected chi connectivity index (χ2v) is 6.22. The van der Waals surface area contributed by atoms with Crippen LogP contribution in [0.5, 0.6) is 0 Å². The largest absolute Gasteiger partial charge is 0.479 e. The number of carboxylic acids is 1. The van der Waals surface area contributed by atoms with Gasteiger partial charge in [0.05, 0.1) is 0 Å². The van der Waals surface area contributed by atoms with E-state index in [2.05, 4.69) is 0 Å². The predicted molar refractivity (Wildman–Crippen MR) is 93.1 cm³/mol. The van der Waals surface area contributed by atoms with Crippen molar-refractivity contribution in [1.82, 2.24) is 9.80 Å². The Labute approximate surface area is 153 Å². The van der Waals surface area contributed by atoms with E-state index in [-0.39, 0.29) is 30.7 Å². The van der Waals surface area contributed by atoms with Crippen molar-refractivity contribution in [3.8, 4) is 0 Å². The average Bonchev–Trinajstić information content (AvgIpc) is 3.01. The predicted octanol–water partition coefficient (Wildman–Crippen LogP) is 1.77. The molecule has 0 saturated carbocycles. The van der Waals surface area contributed by atoms with Crippen LogP contribution in [0.1, 0.15) is 18.4 Å². The maximum Gasteiger partial charge on any atom is 0.332 e. The molecule has 1 fully saturated rings. The van der Waals surface area contributed by atoms with E-state index < -0.39 is 18.2 Å². The highest BCUT2D eigenvalue weighted by Crippen LogP contribution is 2.22. The summed E-state index contributed by atoms with van der Waals surface area (Å²) in [6.07, 6.45) is -0.962. The topological polar surface area (TPSA) is 70.1 Å². The number of aliphatic carboxylic acids is 1. The number of carbonyl (C=O) groups excluding carboxylic acids is 1. The summed E-state index contributed by atoms with van der Waals surface area (Å²) in [5, 5.41) is 9.00. The molecule has 1 N–H and O–H groups in total. The molecule has 2 atom stereocenters. The lowest BCUT2D eigenvalue weighted by Gasteiger charge is -2.27. The van der Waals surface area contributed by atoms with E-state index in [9.17, 15) is 14.0 Å². The molecule has 0 bridgehead atoms. The molecule has 1 aliphatic heterocycles. The molecule has 0 unspecified atom stereocenters. The Morgan fingerprint density at radius 3 is 2.48 bits per heavy atom. The first-order valence-corrected chi connectivity index (χ1v) is 7.93. The summed E-state index contributed by atoms with van der Waals surface area (Å²) in [5.74, 6) is -1.64. The summed E-state index contributed by atoms with van der Waals surface area (Å²) in [5.41, 5.74) is 0.690. The molecule has 140 valence electrons. The Bertz CT molecular complexity index is 600. The van der Waals surface area contributed by atoms with Gasteiger partial charge in [-0.15, -0.1) is 12.4 Å². The molecule has 1 aromatic rings. The lowest BCUT2D eigenvalue weighted by atomic mass is 10.1. The number of halogens is 2. The van der Waals surface area contributed by atoms with Crippen molar-refractivity contribution in [2.75, 3.05) is 27.2 Å². The molecule has 1 amide bonds. The third-order valence-corrected chi connectivity index (χ3v) is 3.96. The third-order valence-electron chi connectivity index (χ3n) is 3.96. The molecule has 1 aromatic carbocycles. The maximum atomic E-state index is 13.4. The van der Waals surface area contributed by atoms with Crippen molar-refractivity contribution in [2.45, 2.75) is 31.6 Å². The van der Waals surface area contributed by atoms with E-state index in [0.717, 1.165) is 0 Å². The van der Waals surface area contributed by atoms with Crippen LogP contribution in [0.4, 0.5) is 4.39 Å². The number of likely N-dealkylation sites (N-methyl/N-ethyl adjacent to an activating group) is 1. The number of hydrogen-bond acceptors (Lipinski definition) is 4. The van der Waals surface area contributed by atoms with Gasteiger partial charge in [-0.3, -0.25) is 4.79 Å². The molecule has 1 heterocycles. The summed E-state index contributed by atoms with van der Waals surface area (Å²) >= 11 is 0. The normalized spacial score (nSPS) is 19.5. The lowest BCUT2D eigenvalue weighted by molar-refractivity contribution is -0.155. The zero-order chi connectivity index (χ0) is 17.7. The first kappa shape index (κ1) is 21.3. The molecule has 0 radical (unpaired) electrons. The number of benzene rings is 1. The fourth-order valence-corrected chi connectivity index (χ4v) is 2.65. The lowest BCUT2D eigenvalue weighted by Crippen LogP contribution is -2.42. The summed E-state index contributed by atoms with van der Waals surface area (Å²) in [7, 11) is 3.80. The number of carboxylic acid groups (broad SMARTS) is 1. The quantitative estimate of drug-likeness (QED) is 0.787. The van der Waals surface area contributed by atoms with Crippen LogP contribution in [0.15, 0.2) is 24.3 Å². The molecule has 6 nitrogen and oxygen atoms in total. The van der Waals surface area contributed by atoms with Crippen LogP contribution >= 0.6 is 12.4 Å². The van der Waals surface area contributed by atoms with Crippen LogP contribution in [0, 0.1) is 5.82 Å². The van der Waals surface area contributed by atoms with Crippen LogP contribution < -0.4 is 0 Å². The minimum absolute atomic E-state index is 0. The first-order valence-electron chi connectivity index (χ1n) is 7.93. The van der Waals surface area contributed by atoms with E-state index >= 15 is 0 Å². The van der Waals surface area contributed by atoms with Crippen LogP contribution in [-0.2, 0) is 20.9 Å². The molecule has 0 aromatic heterocycles. The van der Waals surface area contributed by atoms with Crippen LogP contribution in [-0.4, -0.2) is 66.2 Å². The molecule has 1 saturated heterocycles. The Hall–Kier alpha value is -1.70. The number of carbonyl (C=O) groups is 2. The summed E-state index contributed by atoms with van der Waals surface area (Å²) in [6, 6.07) is 6.11. The SMILES string of the molecule is CN(C)CCN(Cc1cccc(F)c1)C(=O)[C@@H]1CC[C@H](C(=O)O)O1.Cl. The monoisotopic (exact) mass is 374 g/mol. The van der Waals surface area contributed by atoms with E-state index in [1.54, 1.807) is 17.0 Å². The maximum absolute atomic E-state index is 13.4. The second kappa shape index (κ2) is 9.70. The van der Waals surface area contributed by atoms with Crippen molar-refractivity contribution >= 4 is 24.3 Å². The highest BCUT2D eigenvalue weighted by atomic mass is 35.5. The standard InChI is InChI=1S/C17H23FN2O4.ClH/c1-19(2)8-9-20(11-12-4-3-5-13(18)10-12)16(21)14-6-7-15(24-14)17(22)23;/h3-5,10,14-15H,6-9,11H2,1-2H3,(H,22,23);1H/t14-,15+;/m0./s1. The van der Waals surface area contributed by atoms with Gasteiger partial charge in [0.25, 0.3) is 5.91 Å². The number of hydrogen-bond donors (Lipinski definition) is 1. The van der Waals surface area contributed by atoms with E-state index in [1.807, 2.05) is 19.0 Å². The molecular formula is C17H24ClFN2O4. The third kappa shape index (κ3) is 6.26. The van der Waals surface area contributed by atoms with Gasteiger partial charge in [0, 0.05) is 19.6 Å². The van der Waals surface area contributed by atoms with Gasteiger partial charge < -0.3 is 19.6 Å². The van der Waals surface area contributed by atoms with Gasteiger partial charge in [-0.1, -0.05) is 12.1 Å². The Morgan fingerprint density at radius 1 is 1.24 bits per heavy atom. The Balaban J connectivity index is 0.00000312. The van der Waals surface area contributed by atoms with E-state index in [0.29, 0.717) is 31.5 Å². The molecule has 0 aliphatic carbocycles. The zero-order valence-electron chi connectivity index (χ0n) is 14.4. The van der Waals surface area contributed by atoms with Crippen molar-refractivity contribution in [3.05, 3.63) is 35.6 Å². The van der Waals surface area contributed by atoms with Gasteiger partial charge in [-0.25, -0.2) is 9.18 Å². The van der Waals surface area contributed by atoms with Crippen LogP contribution in [0.25, 0.3) is 0 Å². The first-order chi connectivity index (χ1) is 11.4. The van der Waals surface area contributed by atoms with E-state index in [4.69, 9.17) is 9.84 Å². The minimum Gasteiger partial charge on any atom is -0.479 e. The van der Waals surface area contributed by atoms with Crippen molar-refractivity contribution in [1.29, 1.82) is 0 Å². The number of rotatable bonds is 7. The number of ether oxygens (including phenoxy) is 1. The molecule has 0 spiro atoms. The number of nitrogens with zero attached hydrogens (tertiary/aromatic N) is 2. The minimum atomic E-state index is -1.05. The van der Waals surface area contributed by atoms with Gasteiger partial charge in [-0.2, -0.15) is 0 Å². The van der Waals surface area contributed by atoms with Gasteiger partial charge >= 0.3 is 5.97 Å². The van der Waals surface area contributed by atoms with Gasteiger partial charge in [0.2, 0.25) is 0 Å². The van der Waals surface area contributed by atoms with Crippen molar-refractivity contribution in [3.63, 3.8) is 0 Å². The summed E-state index contributed by atoms with van der Waals surface area (Å²) < 4.78 is 18.7. The zero-order valence-corrected chi connectivity index (χ0v) is 15.2. The number of amides is 1. The van der Waals surface area contributed by atoms with Gasteiger partial charge in [-0.05, 0) is 44.6 Å². The molecule has 8 heteroatoms. The van der Waals surface area contributed by atoms with Crippen LogP contribution in [0.2, 0.25) is 0 Å². The van der Waals surface area contributed by atoms with Crippen LogP contribution in [0.3, 0.4) is 0 Å². The Kier molecular flexibility index (Phi) is 8.28. The summed E-state index contributed by atoms with van der Waals surface area (Å²) in [4.78, 5) is 27.2. The molecule has 25 heavy (non-hydrogen) atoms. The molecule has 2 rings (SSSR count).